The number of hydrogen-bond donors (Lipinski definition) is 3. The Labute approximate surface area is 171 Å². The summed E-state index contributed by atoms with van der Waals surface area (Å²) in [5.41, 5.74) is 0.811. The zero-order chi connectivity index (χ0) is 21.6. The predicted molar refractivity (Wildman–Crippen MR) is 106 cm³/mol. The van der Waals surface area contributed by atoms with E-state index in [1.165, 1.54) is 12.1 Å². The monoisotopic (exact) mass is 433 g/mol. The maximum Gasteiger partial charge on any atom is 0.356 e. The minimum atomic E-state index is -3.82. The molecule has 3 N–H and O–H groups in total. The number of rotatable bonds is 9. The van der Waals surface area contributed by atoms with Gasteiger partial charge in [0.15, 0.2) is 17.3 Å². The molecule has 0 radical (unpaired) electrons. The molecule has 0 aliphatic carbocycles. The molecule has 0 unspecified atom stereocenters. The second-order valence-electron chi connectivity index (χ2n) is 6.01. The molecule has 3 rings (SSSR count). The number of esters is 1. The number of hydrogen-bond acceptors (Lipinski definition) is 8. The molecule has 1 amide bonds. The number of nitrogens with one attached hydrogen (secondary N) is 3. The smallest absolute Gasteiger partial charge is 0.356 e. The van der Waals surface area contributed by atoms with Crippen molar-refractivity contribution in [3.63, 3.8) is 0 Å². The molecule has 0 aliphatic heterocycles. The molecule has 0 saturated carbocycles. The fourth-order valence-electron chi connectivity index (χ4n) is 2.41. The van der Waals surface area contributed by atoms with E-state index >= 15 is 0 Å². The van der Waals surface area contributed by atoms with Gasteiger partial charge in [-0.25, -0.2) is 13.2 Å². The van der Waals surface area contributed by atoms with Crippen LogP contribution in [0.4, 0.5) is 5.82 Å². The summed E-state index contributed by atoms with van der Waals surface area (Å²) in [6.07, 6.45) is 0. The maximum atomic E-state index is 12.2. The van der Waals surface area contributed by atoms with Crippen LogP contribution in [0.2, 0.25) is 0 Å². The summed E-state index contributed by atoms with van der Waals surface area (Å²) in [6, 6.07) is 11.8. The standard InChI is InChI=1S/C18H19N5O6S/c1-2-28-18(25)14-11-16(21-20-14)23-30(26,27)9-8-19-17(24)13-10-15(29-22-13)12-6-4-3-5-7-12/h3-7,10-11H,2,8-9H2,1H3,(H,19,24)(H2,20,21,23). The van der Waals surface area contributed by atoms with E-state index in [-0.39, 0.29) is 30.4 Å². The van der Waals surface area contributed by atoms with E-state index in [9.17, 15) is 18.0 Å². The Balaban J connectivity index is 1.51. The molecule has 0 bridgehead atoms. The van der Waals surface area contributed by atoms with Crippen molar-refractivity contribution in [1.82, 2.24) is 20.7 Å². The Morgan fingerprint density at radius 2 is 1.97 bits per heavy atom. The highest BCUT2D eigenvalue weighted by Crippen LogP contribution is 2.19. The van der Waals surface area contributed by atoms with Gasteiger partial charge in [-0.3, -0.25) is 14.6 Å². The van der Waals surface area contributed by atoms with Crippen molar-refractivity contribution in [3.8, 4) is 11.3 Å². The third-order valence-electron chi connectivity index (χ3n) is 3.79. The zero-order valence-electron chi connectivity index (χ0n) is 15.9. The van der Waals surface area contributed by atoms with E-state index in [1.807, 2.05) is 30.3 Å². The minimum Gasteiger partial charge on any atom is -0.461 e. The second-order valence-corrected chi connectivity index (χ2v) is 7.85. The summed E-state index contributed by atoms with van der Waals surface area (Å²) in [5.74, 6) is -1.27. The van der Waals surface area contributed by atoms with Gasteiger partial charge in [-0.1, -0.05) is 35.5 Å². The van der Waals surface area contributed by atoms with E-state index < -0.39 is 27.7 Å². The molecule has 0 spiro atoms. The van der Waals surface area contributed by atoms with Gasteiger partial charge in [0.25, 0.3) is 5.91 Å². The predicted octanol–water partition coefficient (Wildman–Crippen LogP) is 1.41. The molecule has 12 heteroatoms. The fraction of sp³-hybridized carbons (Fsp3) is 0.222. The number of amides is 1. The lowest BCUT2D eigenvalue weighted by molar-refractivity contribution is 0.0519. The van der Waals surface area contributed by atoms with E-state index in [0.29, 0.717) is 5.76 Å². The number of ether oxygens (including phenoxy) is 1. The van der Waals surface area contributed by atoms with E-state index in [1.54, 1.807) is 6.92 Å². The number of anilines is 1. The summed E-state index contributed by atoms with van der Waals surface area (Å²) >= 11 is 0. The molecular weight excluding hydrogens is 414 g/mol. The number of aromatic amines is 1. The molecule has 0 atom stereocenters. The quantitative estimate of drug-likeness (QED) is 0.428. The Morgan fingerprint density at radius 1 is 1.20 bits per heavy atom. The SMILES string of the molecule is CCOC(=O)c1cc(NS(=O)(=O)CCNC(=O)c2cc(-c3ccccc3)on2)n[nH]1. The average Bonchev–Trinajstić information content (AvgIpc) is 3.38. The minimum absolute atomic E-state index is 0.0168. The van der Waals surface area contributed by atoms with Gasteiger partial charge < -0.3 is 14.6 Å². The van der Waals surface area contributed by atoms with Crippen LogP contribution in [-0.4, -0.2) is 54.6 Å². The van der Waals surface area contributed by atoms with Gasteiger partial charge >= 0.3 is 5.97 Å². The van der Waals surface area contributed by atoms with Crippen molar-refractivity contribution >= 4 is 27.7 Å². The third kappa shape index (κ3) is 5.44. The van der Waals surface area contributed by atoms with Crippen LogP contribution in [-0.2, 0) is 14.8 Å². The molecular formula is C18H19N5O6S. The van der Waals surface area contributed by atoms with Crippen LogP contribution in [0.1, 0.15) is 27.9 Å². The molecule has 0 fully saturated rings. The highest BCUT2D eigenvalue weighted by atomic mass is 32.2. The summed E-state index contributed by atoms with van der Waals surface area (Å²) in [4.78, 5) is 23.7. The average molecular weight is 433 g/mol. The van der Waals surface area contributed by atoms with Crippen molar-refractivity contribution in [2.24, 2.45) is 0 Å². The van der Waals surface area contributed by atoms with Gasteiger partial charge in [0.2, 0.25) is 10.0 Å². The van der Waals surface area contributed by atoms with Crippen LogP contribution in [0.3, 0.4) is 0 Å². The fourth-order valence-corrected chi connectivity index (χ4v) is 3.30. The van der Waals surface area contributed by atoms with Crippen molar-refractivity contribution in [3.05, 3.63) is 53.9 Å². The van der Waals surface area contributed by atoms with Crippen molar-refractivity contribution < 1.29 is 27.3 Å². The van der Waals surface area contributed by atoms with Gasteiger partial charge in [-0.2, -0.15) is 5.10 Å². The first-order chi connectivity index (χ1) is 14.4. The zero-order valence-corrected chi connectivity index (χ0v) is 16.7. The third-order valence-corrected chi connectivity index (χ3v) is 5.05. The molecule has 30 heavy (non-hydrogen) atoms. The van der Waals surface area contributed by atoms with Gasteiger partial charge in [0, 0.05) is 24.2 Å². The number of sulfonamides is 1. The Hall–Kier alpha value is -3.67. The van der Waals surface area contributed by atoms with E-state index in [0.717, 1.165) is 5.56 Å². The van der Waals surface area contributed by atoms with E-state index in [4.69, 9.17) is 9.26 Å². The van der Waals surface area contributed by atoms with Crippen LogP contribution < -0.4 is 10.0 Å². The Kier molecular flexibility index (Phi) is 6.47. The van der Waals surface area contributed by atoms with Gasteiger partial charge in [-0.15, -0.1) is 0 Å². The lowest BCUT2D eigenvalue weighted by atomic mass is 10.1. The van der Waals surface area contributed by atoms with Crippen LogP contribution in [0.5, 0.6) is 0 Å². The highest BCUT2D eigenvalue weighted by Gasteiger charge is 2.18. The lowest BCUT2D eigenvalue weighted by Gasteiger charge is -2.05. The lowest BCUT2D eigenvalue weighted by Crippen LogP contribution is -2.31. The first-order valence-corrected chi connectivity index (χ1v) is 10.6. The Bertz CT molecular complexity index is 1120. The molecule has 3 aromatic rings. The molecule has 158 valence electrons. The number of carbonyl (C=O) groups is 2. The molecule has 11 nitrogen and oxygen atoms in total. The van der Waals surface area contributed by atoms with Crippen LogP contribution in [0.25, 0.3) is 11.3 Å². The number of benzene rings is 1. The molecule has 0 aliphatic rings. The van der Waals surface area contributed by atoms with Gasteiger partial charge in [-0.05, 0) is 6.92 Å². The first kappa shape index (κ1) is 21.0. The van der Waals surface area contributed by atoms with Crippen molar-refractivity contribution in [2.75, 3.05) is 23.6 Å². The van der Waals surface area contributed by atoms with Gasteiger partial charge in [0.05, 0.1) is 12.4 Å². The van der Waals surface area contributed by atoms with Crippen molar-refractivity contribution in [2.45, 2.75) is 6.92 Å². The van der Waals surface area contributed by atoms with Crippen molar-refractivity contribution in [1.29, 1.82) is 0 Å². The molecule has 2 aromatic heterocycles. The summed E-state index contributed by atoms with van der Waals surface area (Å²) in [5, 5.41) is 12.2. The van der Waals surface area contributed by atoms with Crippen LogP contribution in [0.15, 0.2) is 47.0 Å². The summed E-state index contributed by atoms with van der Waals surface area (Å²) in [7, 11) is -3.82. The van der Waals surface area contributed by atoms with Crippen LogP contribution >= 0.6 is 0 Å². The Morgan fingerprint density at radius 3 is 2.70 bits per heavy atom. The number of aromatic nitrogens is 3. The highest BCUT2D eigenvalue weighted by molar-refractivity contribution is 7.92. The van der Waals surface area contributed by atoms with E-state index in [2.05, 4.69) is 25.4 Å². The first-order valence-electron chi connectivity index (χ1n) is 8.91. The van der Waals surface area contributed by atoms with Crippen LogP contribution in [0, 0.1) is 0 Å². The maximum absolute atomic E-state index is 12.2. The largest absolute Gasteiger partial charge is 0.461 e. The second kappa shape index (κ2) is 9.22. The topological polar surface area (TPSA) is 156 Å². The molecule has 0 saturated heterocycles. The van der Waals surface area contributed by atoms with Gasteiger partial charge in [0.1, 0.15) is 5.69 Å². The summed E-state index contributed by atoms with van der Waals surface area (Å²) < 4.78 is 36.4. The molecule has 2 heterocycles. The number of H-pyrrole nitrogens is 1. The normalized spacial score (nSPS) is 11.1. The number of carbonyl (C=O) groups excluding carboxylic acids is 2. The number of nitrogens with zero attached hydrogens (tertiary/aromatic N) is 2. The summed E-state index contributed by atoms with van der Waals surface area (Å²) in [6.45, 7) is 1.65. The molecule has 1 aromatic carbocycles.